The first-order valence-corrected chi connectivity index (χ1v) is 9.00. The van der Waals surface area contributed by atoms with Gasteiger partial charge in [-0.25, -0.2) is 9.78 Å². The Kier molecular flexibility index (Phi) is 4.90. The van der Waals surface area contributed by atoms with Gasteiger partial charge in [-0.2, -0.15) is 10.2 Å². The second-order valence-corrected chi connectivity index (χ2v) is 6.25. The molecule has 0 radical (unpaired) electrons. The molecular formula is C19H20N6O3. The van der Waals surface area contributed by atoms with Crippen molar-refractivity contribution in [3.63, 3.8) is 0 Å². The number of amides is 1. The van der Waals surface area contributed by atoms with Gasteiger partial charge in [0.1, 0.15) is 5.52 Å². The quantitative estimate of drug-likeness (QED) is 0.536. The molecule has 0 fully saturated rings. The minimum atomic E-state index is -0.235. The van der Waals surface area contributed by atoms with Crippen molar-refractivity contribution in [2.24, 2.45) is 0 Å². The molecule has 0 saturated heterocycles. The van der Waals surface area contributed by atoms with Gasteiger partial charge < -0.3 is 14.5 Å². The summed E-state index contributed by atoms with van der Waals surface area (Å²) in [5.41, 5.74) is 5.95. The van der Waals surface area contributed by atoms with Crippen LogP contribution in [0.3, 0.4) is 0 Å². The maximum Gasteiger partial charge on any atom is 0.347 e. The summed E-state index contributed by atoms with van der Waals surface area (Å²) in [4.78, 5) is 24.4. The molecule has 2 aromatic heterocycles. The van der Waals surface area contributed by atoms with E-state index in [1.165, 1.54) is 10.9 Å². The highest BCUT2D eigenvalue weighted by Crippen LogP contribution is 2.33. The van der Waals surface area contributed by atoms with E-state index in [1.54, 1.807) is 23.2 Å². The van der Waals surface area contributed by atoms with E-state index in [-0.39, 0.29) is 6.03 Å². The molecule has 1 N–H and O–H groups in total. The van der Waals surface area contributed by atoms with Crippen LogP contribution in [0, 0.1) is 0 Å². The van der Waals surface area contributed by atoms with Crippen LogP contribution in [0.5, 0.6) is 11.5 Å². The van der Waals surface area contributed by atoms with E-state index < -0.39 is 0 Å². The Bertz CT molecular complexity index is 1030. The van der Waals surface area contributed by atoms with Gasteiger partial charge in [0.05, 0.1) is 6.26 Å². The Labute approximate surface area is 161 Å². The third-order valence-electron chi connectivity index (χ3n) is 4.49. The highest BCUT2D eigenvalue weighted by molar-refractivity contribution is 5.86. The predicted molar refractivity (Wildman–Crippen MR) is 102 cm³/mol. The molecule has 0 atom stereocenters. The van der Waals surface area contributed by atoms with E-state index >= 15 is 0 Å². The van der Waals surface area contributed by atoms with E-state index in [1.807, 2.05) is 19.1 Å². The molecule has 1 aliphatic heterocycles. The lowest BCUT2D eigenvalue weighted by molar-refractivity contribution is 0.187. The Morgan fingerprint density at radius 2 is 2.21 bits per heavy atom. The molecule has 0 saturated carbocycles. The molecule has 1 amide bonds. The van der Waals surface area contributed by atoms with Crippen molar-refractivity contribution >= 4 is 17.2 Å². The molecule has 0 aliphatic carbocycles. The van der Waals surface area contributed by atoms with Gasteiger partial charge in [-0.3, -0.25) is 0 Å². The maximum absolute atomic E-state index is 13.0. The van der Waals surface area contributed by atoms with Crippen LogP contribution in [0.15, 0.2) is 43.3 Å². The number of benzene rings is 1. The normalized spacial score (nSPS) is 13.2. The van der Waals surface area contributed by atoms with Crippen molar-refractivity contribution in [3.8, 4) is 11.5 Å². The van der Waals surface area contributed by atoms with Crippen molar-refractivity contribution in [2.75, 3.05) is 13.1 Å². The van der Waals surface area contributed by atoms with Crippen LogP contribution >= 0.6 is 0 Å². The number of pyridine rings is 1. The highest BCUT2D eigenvalue weighted by atomic mass is 16.7. The summed E-state index contributed by atoms with van der Waals surface area (Å²) in [6, 6.07) is 7.12. The molecule has 1 aromatic carbocycles. The maximum atomic E-state index is 13.0. The van der Waals surface area contributed by atoms with Gasteiger partial charge in [-0.15, -0.1) is 5.10 Å². The van der Waals surface area contributed by atoms with Gasteiger partial charge in [0.15, 0.2) is 11.5 Å². The first-order valence-electron chi connectivity index (χ1n) is 9.00. The fraction of sp³-hybridized carbons (Fsp3) is 0.263. The van der Waals surface area contributed by atoms with Crippen molar-refractivity contribution in [1.29, 1.82) is 0 Å². The molecule has 3 aromatic rings. The molecule has 144 valence electrons. The fourth-order valence-corrected chi connectivity index (χ4v) is 3.18. The number of rotatable bonds is 5. The molecule has 1 aliphatic rings. The topological polar surface area (TPSA) is 94.4 Å². The Balaban J connectivity index is 1.61. The summed E-state index contributed by atoms with van der Waals surface area (Å²) < 4.78 is 6.76. The molecule has 0 spiro atoms. The molecule has 3 heterocycles. The molecule has 28 heavy (non-hydrogen) atoms. The zero-order valence-electron chi connectivity index (χ0n) is 15.5. The molecular weight excluding hydrogens is 360 g/mol. The second kappa shape index (κ2) is 7.65. The van der Waals surface area contributed by atoms with Crippen molar-refractivity contribution < 1.29 is 14.4 Å². The van der Waals surface area contributed by atoms with Gasteiger partial charge >= 0.3 is 6.03 Å². The molecule has 0 unspecified atom stereocenters. The zero-order chi connectivity index (χ0) is 19.5. The summed E-state index contributed by atoms with van der Waals surface area (Å²) in [7, 11) is 0. The summed E-state index contributed by atoms with van der Waals surface area (Å²) in [6.45, 7) is 7.18. The van der Waals surface area contributed by atoms with Crippen LogP contribution in [0.25, 0.3) is 11.2 Å². The van der Waals surface area contributed by atoms with Gasteiger partial charge in [0, 0.05) is 25.8 Å². The molecule has 9 nitrogen and oxygen atoms in total. The zero-order valence-corrected chi connectivity index (χ0v) is 15.5. The molecule has 0 bridgehead atoms. The number of nitrogens with one attached hydrogen (secondary N) is 1. The fourth-order valence-electron chi connectivity index (χ4n) is 3.18. The van der Waals surface area contributed by atoms with Gasteiger partial charge in [0.25, 0.3) is 0 Å². The lowest BCUT2D eigenvalue weighted by Gasteiger charge is -2.29. The van der Waals surface area contributed by atoms with Crippen LogP contribution in [-0.2, 0) is 13.0 Å². The first-order chi connectivity index (χ1) is 13.7. The largest absolute Gasteiger partial charge is 0.462 e. The number of hydroxylamine groups is 1. The van der Waals surface area contributed by atoms with E-state index in [0.717, 1.165) is 11.1 Å². The monoisotopic (exact) mass is 380 g/mol. The van der Waals surface area contributed by atoms with E-state index in [2.05, 4.69) is 27.4 Å². The smallest absolute Gasteiger partial charge is 0.347 e. The van der Waals surface area contributed by atoms with Crippen LogP contribution in [0.2, 0.25) is 0 Å². The van der Waals surface area contributed by atoms with E-state index in [9.17, 15) is 4.79 Å². The van der Waals surface area contributed by atoms with Crippen LogP contribution in [-0.4, -0.2) is 44.0 Å². The summed E-state index contributed by atoms with van der Waals surface area (Å²) in [5.74, 6) is 1.13. The average Bonchev–Trinajstić information content (AvgIpc) is 3.15. The Morgan fingerprint density at radius 3 is 3.04 bits per heavy atom. The second-order valence-electron chi connectivity index (χ2n) is 6.25. The van der Waals surface area contributed by atoms with Gasteiger partial charge in [0.2, 0.25) is 5.65 Å². The van der Waals surface area contributed by atoms with Crippen LogP contribution < -0.4 is 15.1 Å². The van der Waals surface area contributed by atoms with E-state index in [0.29, 0.717) is 48.7 Å². The Morgan fingerprint density at radius 1 is 1.36 bits per heavy atom. The number of hydrogen-bond acceptors (Lipinski definition) is 7. The van der Waals surface area contributed by atoms with Crippen LogP contribution in [0.4, 0.5) is 4.79 Å². The number of aromatic nitrogens is 4. The van der Waals surface area contributed by atoms with Crippen molar-refractivity contribution in [2.45, 2.75) is 19.9 Å². The highest BCUT2D eigenvalue weighted by Gasteiger charge is 2.26. The van der Waals surface area contributed by atoms with Crippen LogP contribution in [0.1, 0.15) is 18.1 Å². The van der Waals surface area contributed by atoms with Crippen molar-refractivity contribution in [1.82, 2.24) is 30.4 Å². The number of carbonyl (C=O) groups excluding carboxylic acids is 1. The number of nitrogens with zero attached hydrogens (tertiary/aromatic N) is 5. The third kappa shape index (κ3) is 3.27. The third-order valence-corrected chi connectivity index (χ3v) is 4.49. The summed E-state index contributed by atoms with van der Waals surface area (Å²) in [5, 5.41) is 7.93. The van der Waals surface area contributed by atoms with Gasteiger partial charge in [-0.05, 0) is 48.7 Å². The lowest BCUT2D eigenvalue weighted by Crippen LogP contribution is -2.39. The molecule has 4 rings (SSSR count). The predicted octanol–water partition coefficient (Wildman–Crippen LogP) is 2.28. The lowest BCUT2D eigenvalue weighted by atomic mass is 9.99. The number of hydrogen-bond donors (Lipinski definition) is 1. The standard InChI is InChI=1S/C19H20N6O3/c1-3-21-28-17-11-14-12-24(9-7-13(14)10-16(17)27-4-2)19(26)25-15-6-5-8-20-18(15)22-23-25/h4-6,8,10-11,21H,2-3,7,9,12H2,1H3. The summed E-state index contributed by atoms with van der Waals surface area (Å²) >= 11 is 0. The number of ether oxygens (including phenoxy) is 1. The first kappa shape index (κ1) is 17.9. The van der Waals surface area contributed by atoms with Gasteiger partial charge in [-0.1, -0.05) is 11.8 Å². The summed E-state index contributed by atoms with van der Waals surface area (Å²) in [6.07, 6.45) is 3.68. The molecule has 9 heteroatoms. The Hall–Kier alpha value is -3.46. The number of fused-ring (bicyclic) bond motifs is 2. The minimum absolute atomic E-state index is 0.235. The average molecular weight is 380 g/mol. The minimum Gasteiger partial charge on any atom is -0.462 e. The van der Waals surface area contributed by atoms with Crippen molar-refractivity contribution in [3.05, 3.63) is 54.4 Å². The van der Waals surface area contributed by atoms with E-state index in [4.69, 9.17) is 9.57 Å². The number of carbonyl (C=O) groups is 1. The SMILES string of the molecule is C=COc1cc2c(cc1ONCC)CN(C(=O)n1nnc3ncccc31)CC2.